The Bertz CT molecular complexity index is 842. The second kappa shape index (κ2) is 5.82. The van der Waals surface area contributed by atoms with Gasteiger partial charge < -0.3 is 0 Å². The van der Waals surface area contributed by atoms with Crippen molar-refractivity contribution in [2.24, 2.45) is 0 Å². The van der Waals surface area contributed by atoms with Crippen molar-refractivity contribution in [3.05, 3.63) is 88.2 Å². The molecule has 0 fully saturated rings. The number of fused-ring (bicyclic) bond motifs is 1. The van der Waals surface area contributed by atoms with E-state index in [9.17, 15) is 4.39 Å². The van der Waals surface area contributed by atoms with Crippen LogP contribution in [-0.4, -0.2) is 9.55 Å². The van der Waals surface area contributed by atoms with Gasteiger partial charge in [-0.1, -0.05) is 48.0 Å². The van der Waals surface area contributed by atoms with E-state index in [-0.39, 0.29) is 6.04 Å². The number of benzene rings is 2. The molecule has 116 valence electrons. The summed E-state index contributed by atoms with van der Waals surface area (Å²) in [5, 5.41) is 0.688. The minimum absolute atomic E-state index is 0.308. The largest absolute Gasteiger partial charge is 0.296 e. The Hall–Kier alpha value is -2.13. The monoisotopic (exact) mass is 326 g/mol. The third-order valence-corrected chi connectivity index (χ3v) is 4.85. The van der Waals surface area contributed by atoms with Gasteiger partial charge in [0.25, 0.3) is 6.08 Å². The first-order chi connectivity index (χ1) is 11.2. The van der Waals surface area contributed by atoms with Gasteiger partial charge in [-0.15, -0.1) is 0 Å². The molecule has 0 amide bonds. The third-order valence-electron chi connectivity index (χ3n) is 4.52. The second-order valence-electron chi connectivity index (χ2n) is 5.91. The number of nitrogens with zero attached hydrogens (tertiary/aromatic N) is 2. The maximum atomic E-state index is 14.2. The highest BCUT2D eigenvalue weighted by Gasteiger charge is 2.24. The van der Waals surface area contributed by atoms with E-state index in [0.717, 1.165) is 30.4 Å². The molecular formula is C19H16ClFN2. The number of halogens is 2. The van der Waals surface area contributed by atoms with Gasteiger partial charge in [-0.25, -0.2) is 4.98 Å². The van der Waals surface area contributed by atoms with Crippen molar-refractivity contribution in [2.45, 2.75) is 25.3 Å². The number of hydrogen-bond donors (Lipinski definition) is 0. The van der Waals surface area contributed by atoms with E-state index in [1.165, 1.54) is 21.9 Å². The summed E-state index contributed by atoms with van der Waals surface area (Å²) in [5.41, 5.74) is 4.56. The second-order valence-corrected chi connectivity index (χ2v) is 6.32. The number of aryl methyl sites for hydroxylation is 2. The van der Waals surface area contributed by atoms with Crippen LogP contribution in [0.3, 0.4) is 0 Å². The third kappa shape index (κ3) is 2.55. The predicted octanol–water partition coefficient (Wildman–Crippen LogP) is 4.80. The zero-order valence-electron chi connectivity index (χ0n) is 12.5. The first-order valence-electron chi connectivity index (χ1n) is 7.78. The van der Waals surface area contributed by atoms with E-state index in [0.29, 0.717) is 5.02 Å². The summed E-state index contributed by atoms with van der Waals surface area (Å²) in [6.07, 6.45) is 5.93. The van der Waals surface area contributed by atoms with Gasteiger partial charge in [0.15, 0.2) is 0 Å². The number of aromatic nitrogens is 2. The lowest BCUT2D eigenvalue weighted by atomic mass is 9.95. The van der Waals surface area contributed by atoms with Crippen molar-refractivity contribution in [3.63, 3.8) is 0 Å². The fourth-order valence-electron chi connectivity index (χ4n) is 3.44. The standard InChI is InChI=1S/C19H16ClFN2/c20-17-12-15-8-4-7-14(15)11-16(17)18(13-5-2-1-3-6-13)23-10-9-22-19(23)21/h1-3,5-6,9-12,18H,4,7-8H2. The van der Waals surface area contributed by atoms with Crippen LogP contribution < -0.4 is 0 Å². The highest BCUT2D eigenvalue weighted by Crippen LogP contribution is 2.36. The molecule has 3 aromatic rings. The average molecular weight is 327 g/mol. The molecule has 2 nitrogen and oxygen atoms in total. The Balaban J connectivity index is 1.91. The molecule has 0 N–H and O–H groups in total. The van der Waals surface area contributed by atoms with Gasteiger partial charge in [0.05, 0.1) is 6.04 Å². The summed E-state index contributed by atoms with van der Waals surface area (Å²) < 4.78 is 15.7. The van der Waals surface area contributed by atoms with Gasteiger partial charge in [0.1, 0.15) is 0 Å². The topological polar surface area (TPSA) is 17.8 Å². The molecule has 0 aliphatic heterocycles. The highest BCUT2D eigenvalue weighted by molar-refractivity contribution is 6.31. The summed E-state index contributed by atoms with van der Waals surface area (Å²) in [5.74, 6) is 0. The lowest BCUT2D eigenvalue weighted by molar-refractivity contribution is 0.459. The Morgan fingerprint density at radius 1 is 1.09 bits per heavy atom. The molecule has 0 radical (unpaired) electrons. The van der Waals surface area contributed by atoms with Crippen LogP contribution in [0.5, 0.6) is 0 Å². The zero-order chi connectivity index (χ0) is 15.8. The first-order valence-corrected chi connectivity index (χ1v) is 8.16. The van der Waals surface area contributed by atoms with Crippen molar-refractivity contribution in [2.75, 3.05) is 0 Å². The van der Waals surface area contributed by atoms with Crippen molar-refractivity contribution >= 4 is 11.6 Å². The van der Waals surface area contributed by atoms with Gasteiger partial charge in [-0.2, -0.15) is 4.39 Å². The SMILES string of the molecule is Fc1nccn1C(c1ccccc1)c1cc2c(cc1Cl)CCC2. The van der Waals surface area contributed by atoms with Crippen molar-refractivity contribution < 1.29 is 4.39 Å². The van der Waals surface area contributed by atoms with Crippen LogP contribution in [0.1, 0.15) is 34.7 Å². The number of rotatable bonds is 3. The van der Waals surface area contributed by atoms with Crippen molar-refractivity contribution in [3.8, 4) is 0 Å². The van der Waals surface area contributed by atoms with Gasteiger partial charge in [0.2, 0.25) is 0 Å². The molecule has 0 saturated heterocycles. The van der Waals surface area contributed by atoms with Crippen LogP contribution in [0.25, 0.3) is 0 Å². The zero-order valence-corrected chi connectivity index (χ0v) is 13.3. The van der Waals surface area contributed by atoms with Crippen LogP contribution in [0, 0.1) is 6.08 Å². The summed E-state index contributed by atoms with van der Waals surface area (Å²) in [4.78, 5) is 3.74. The molecule has 1 aromatic heterocycles. The van der Waals surface area contributed by atoms with Gasteiger partial charge in [0, 0.05) is 17.4 Å². The van der Waals surface area contributed by atoms with Gasteiger partial charge >= 0.3 is 0 Å². The van der Waals surface area contributed by atoms with Crippen molar-refractivity contribution in [1.82, 2.24) is 9.55 Å². The fourth-order valence-corrected chi connectivity index (χ4v) is 3.73. The molecule has 0 bridgehead atoms. The summed E-state index contributed by atoms with van der Waals surface area (Å²) >= 11 is 6.57. The Morgan fingerprint density at radius 2 is 1.83 bits per heavy atom. The summed E-state index contributed by atoms with van der Waals surface area (Å²) in [7, 11) is 0. The van der Waals surface area contributed by atoms with Gasteiger partial charge in [-0.05, 0) is 47.6 Å². The molecule has 1 unspecified atom stereocenters. The Morgan fingerprint density at radius 3 is 2.52 bits per heavy atom. The molecule has 1 heterocycles. The lowest BCUT2D eigenvalue weighted by Crippen LogP contribution is -2.14. The Labute approximate surface area is 139 Å². The molecule has 4 heteroatoms. The minimum atomic E-state index is -0.504. The first kappa shape index (κ1) is 14.5. The molecule has 0 saturated carbocycles. The molecule has 23 heavy (non-hydrogen) atoms. The molecule has 2 aromatic carbocycles. The van der Waals surface area contributed by atoms with Gasteiger partial charge in [-0.3, -0.25) is 4.57 Å². The van der Waals surface area contributed by atoms with Crippen LogP contribution in [0.4, 0.5) is 4.39 Å². The molecule has 1 aliphatic carbocycles. The smallest absolute Gasteiger partial charge is 0.289 e. The van der Waals surface area contributed by atoms with Crippen LogP contribution in [-0.2, 0) is 12.8 Å². The van der Waals surface area contributed by atoms with Crippen LogP contribution >= 0.6 is 11.6 Å². The lowest BCUT2D eigenvalue weighted by Gasteiger charge is -2.22. The number of hydrogen-bond acceptors (Lipinski definition) is 1. The van der Waals surface area contributed by atoms with Crippen LogP contribution in [0.15, 0.2) is 54.9 Å². The molecule has 1 atom stereocenters. The summed E-state index contributed by atoms with van der Waals surface area (Å²) in [6.45, 7) is 0. The number of imidazole rings is 1. The molecular weight excluding hydrogens is 311 g/mol. The highest BCUT2D eigenvalue weighted by atomic mass is 35.5. The predicted molar refractivity (Wildman–Crippen MR) is 89.3 cm³/mol. The van der Waals surface area contributed by atoms with E-state index in [4.69, 9.17) is 11.6 Å². The van der Waals surface area contributed by atoms with E-state index in [2.05, 4.69) is 11.1 Å². The normalized spacial score (nSPS) is 14.7. The maximum Gasteiger partial charge on any atom is 0.289 e. The average Bonchev–Trinajstić information content (AvgIpc) is 3.18. The van der Waals surface area contributed by atoms with E-state index in [1.54, 1.807) is 6.20 Å². The quantitative estimate of drug-likeness (QED) is 0.676. The Kier molecular flexibility index (Phi) is 3.66. The summed E-state index contributed by atoms with van der Waals surface area (Å²) in [6, 6.07) is 13.7. The molecule has 1 aliphatic rings. The van der Waals surface area contributed by atoms with Crippen LogP contribution in [0.2, 0.25) is 5.02 Å². The van der Waals surface area contributed by atoms with E-state index < -0.39 is 6.08 Å². The van der Waals surface area contributed by atoms with Crippen molar-refractivity contribution in [1.29, 1.82) is 0 Å². The maximum absolute atomic E-state index is 14.2. The molecule has 4 rings (SSSR count). The van der Waals surface area contributed by atoms with E-state index in [1.807, 2.05) is 36.4 Å². The fraction of sp³-hybridized carbons (Fsp3) is 0.211. The van der Waals surface area contributed by atoms with E-state index >= 15 is 0 Å². The minimum Gasteiger partial charge on any atom is -0.296 e. The molecule has 0 spiro atoms.